The Hall–Kier alpha value is -3.22. The summed E-state index contributed by atoms with van der Waals surface area (Å²) < 4.78 is 5.71. The smallest absolute Gasteiger partial charge is 0.409 e. The Kier molecular flexibility index (Phi) is 8.36. The van der Waals surface area contributed by atoms with Crippen molar-refractivity contribution in [1.82, 2.24) is 4.90 Å². The molecule has 0 heterocycles. The minimum absolute atomic E-state index is 0.0239. The van der Waals surface area contributed by atoms with E-state index >= 15 is 4.79 Å². The highest BCUT2D eigenvalue weighted by molar-refractivity contribution is 6.10. The highest BCUT2D eigenvalue weighted by atomic mass is 16.6. The molecule has 9 aliphatic rings. The van der Waals surface area contributed by atoms with Crippen molar-refractivity contribution in [3.63, 3.8) is 0 Å². The van der Waals surface area contributed by atoms with Crippen molar-refractivity contribution in [3.05, 3.63) is 84.0 Å². The molecule has 11 atom stereocenters. The van der Waals surface area contributed by atoms with Crippen molar-refractivity contribution >= 4 is 11.9 Å². The summed E-state index contributed by atoms with van der Waals surface area (Å²) in [5.41, 5.74) is 1.37. The molecule has 2 aromatic carbocycles. The Morgan fingerprint density at radius 2 is 1.52 bits per heavy atom. The van der Waals surface area contributed by atoms with Crippen molar-refractivity contribution in [2.45, 2.75) is 111 Å². The number of ketones is 1. The number of ether oxygens (including phenoxy) is 1. The van der Waals surface area contributed by atoms with Crippen molar-refractivity contribution in [2.24, 2.45) is 56.7 Å². The molecule has 6 saturated carbocycles. The second-order valence-corrected chi connectivity index (χ2v) is 19.9. The maximum absolute atomic E-state index is 15.1. The molecule has 9 aliphatic carbocycles. The maximum Gasteiger partial charge on any atom is 0.409 e. The predicted octanol–water partition coefficient (Wildman–Crippen LogP) is 9.66. The Bertz CT molecular complexity index is 1880. The highest BCUT2D eigenvalue weighted by Crippen LogP contribution is 2.78. The van der Waals surface area contributed by atoms with Gasteiger partial charge in [-0.25, -0.2) is 4.79 Å². The molecule has 6 nitrogen and oxygen atoms in total. The number of hydrogen-bond acceptors (Lipinski definition) is 5. The minimum atomic E-state index is -1.12. The molecule has 54 heavy (non-hydrogen) atoms. The van der Waals surface area contributed by atoms with Gasteiger partial charge >= 0.3 is 6.09 Å². The van der Waals surface area contributed by atoms with Gasteiger partial charge in [-0.2, -0.15) is 0 Å². The number of allylic oxidation sites excluding steroid dienone is 4. The molecule has 0 aliphatic heterocycles. The van der Waals surface area contributed by atoms with Gasteiger partial charge in [-0.15, -0.1) is 0 Å². The van der Waals surface area contributed by atoms with E-state index in [1.54, 1.807) is 0 Å². The number of amides is 1. The average molecular weight is 732 g/mol. The fourth-order valence-corrected chi connectivity index (χ4v) is 14.4. The molecule has 288 valence electrons. The van der Waals surface area contributed by atoms with E-state index in [1.807, 2.05) is 42.2 Å². The summed E-state index contributed by atoms with van der Waals surface area (Å²) in [6.07, 6.45) is 15.3. The molecule has 2 aromatic rings. The van der Waals surface area contributed by atoms with E-state index in [4.69, 9.17) is 4.74 Å². The van der Waals surface area contributed by atoms with Gasteiger partial charge in [-0.3, -0.25) is 4.79 Å². The summed E-state index contributed by atoms with van der Waals surface area (Å²) in [5, 5.41) is 24.3. The molecule has 0 aromatic heterocycles. The number of aliphatic hydroxyl groups excluding tert-OH is 1. The summed E-state index contributed by atoms with van der Waals surface area (Å²) in [5.74, 6) is 2.09. The summed E-state index contributed by atoms with van der Waals surface area (Å²) in [4.78, 5) is 30.8. The first-order valence-corrected chi connectivity index (χ1v) is 21.2. The van der Waals surface area contributed by atoms with Gasteiger partial charge in [0.1, 0.15) is 0 Å². The zero-order chi connectivity index (χ0) is 37.9. The van der Waals surface area contributed by atoms with Gasteiger partial charge in [0.05, 0.1) is 24.9 Å². The quantitative estimate of drug-likeness (QED) is 0.209. The molecule has 11 rings (SSSR count). The van der Waals surface area contributed by atoms with E-state index in [1.165, 1.54) is 12.8 Å². The first-order valence-electron chi connectivity index (χ1n) is 21.2. The van der Waals surface area contributed by atoms with Crippen LogP contribution in [0.25, 0.3) is 11.1 Å². The summed E-state index contributed by atoms with van der Waals surface area (Å²) in [6.45, 7) is 12.6. The Balaban J connectivity index is 1.08. The maximum atomic E-state index is 15.1. The standard InChI is InChI=1S/C48H61NO5/c1-6-54-42(52)49(29-34-16-17-35-26-37(34)43(35,2)3)30-47(53)23-20-40-45(47,5)22-19-39-44(4)21-18-36(50)27-46(44)24-25-48(39,40)38(28-46)41(51)33-14-12-32(13-15-33)31-10-8-7-9-11-31/h7-15,24-25,28,34-37,39-40,50,53H,6,16-23,26-27,29-30H2,1-5H3/t34-,35-,36?,37-,39+,40+,44+,45-,46-,47+,48+/m0/s1. The lowest BCUT2D eigenvalue weighted by Gasteiger charge is -2.71. The SMILES string of the molecule is CCOC(=O)N(C[C@@H]1CC[C@H]2C[C@@H]1C2(C)C)C[C@]1(O)CC[C@H]2[C@]34C=C[C@@]5(C=C3C(=O)c3ccc(-c6ccccc6)cc3)CC(O)CC[C@]5(C)[C@H]4CC[C@@]21C. The van der Waals surface area contributed by atoms with Crippen molar-refractivity contribution in [1.29, 1.82) is 0 Å². The number of carbonyl (C=O) groups is 2. The predicted molar refractivity (Wildman–Crippen MR) is 211 cm³/mol. The topological polar surface area (TPSA) is 87.1 Å². The fraction of sp³-hybridized carbons (Fsp3) is 0.625. The lowest BCUT2D eigenvalue weighted by atomic mass is 9.32. The number of rotatable bonds is 8. The third-order valence-electron chi connectivity index (χ3n) is 17.6. The molecule has 1 amide bonds. The fourth-order valence-electron chi connectivity index (χ4n) is 14.4. The zero-order valence-electron chi connectivity index (χ0n) is 33.2. The summed E-state index contributed by atoms with van der Waals surface area (Å²) in [6, 6.07) is 18.3. The first-order chi connectivity index (χ1) is 25.7. The van der Waals surface area contributed by atoms with Crippen LogP contribution in [0.5, 0.6) is 0 Å². The van der Waals surface area contributed by atoms with Gasteiger partial charge in [0.25, 0.3) is 0 Å². The molecule has 0 radical (unpaired) electrons. The van der Waals surface area contributed by atoms with Crippen molar-refractivity contribution in [2.75, 3.05) is 19.7 Å². The molecule has 0 saturated heterocycles. The zero-order valence-corrected chi connectivity index (χ0v) is 33.2. The molecule has 6 fully saturated rings. The molecule has 6 heteroatoms. The van der Waals surface area contributed by atoms with Crippen LogP contribution in [-0.4, -0.2) is 58.4 Å². The third kappa shape index (κ3) is 4.90. The van der Waals surface area contributed by atoms with Crippen molar-refractivity contribution < 1.29 is 24.5 Å². The van der Waals surface area contributed by atoms with Crippen LogP contribution in [0.4, 0.5) is 4.79 Å². The van der Waals surface area contributed by atoms with Crippen LogP contribution in [0.15, 0.2) is 78.4 Å². The van der Waals surface area contributed by atoms with E-state index in [9.17, 15) is 15.0 Å². The largest absolute Gasteiger partial charge is 0.450 e. The summed E-state index contributed by atoms with van der Waals surface area (Å²) in [7, 11) is 0. The van der Waals surface area contributed by atoms with Crippen LogP contribution in [0, 0.1) is 56.7 Å². The number of nitrogens with zero attached hydrogens (tertiary/aromatic N) is 1. The van der Waals surface area contributed by atoms with E-state index in [-0.39, 0.29) is 41.1 Å². The van der Waals surface area contributed by atoms with Gasteiger partial charge in [-0.1, -0.05) is 101 Å². The monoisotopic (exact) mass is 731 g/mol. The second-order valence-electron chi connectivity index (χ2n) is 19.9. The minimum Gasteiger partial charge on any atom is -0.450 e. The third-order valence-corrected chi connectivity index (χ3v) is 17.6. The molecular formula is C48H61NO5. The van der Waals surface area contributed by atoms with Crippen LogP contribution in [0.1, 0.15) is 109 Å². The number of benzene rings is 2. The van der Waals surface area contributed by atoms with Crippen LogP contribution >= 0.6 is 0 Å². The Morgan fingerprint density at radius 3 is 2.22 bits per heavy atom. The van der Waals surface area contributed by atoms with Gasteiger partial charge in [-0.05, 0) is 123 Å². The highest BCUT2D eigenvalue weighted by Gasteiger charge is 2.74. The van der Waals surface area contributed by atoms with Crippen LogP contribution in [0.2, 0.25) is 0 Å². The average Bonchev–Trinajstić information content (AvgIpc) is 3.44. The normalized spacial score (nSPS) is 42.2. The van der Waals surface area contributed by atoms with E-state index in [0.717, 1.165) is 61.1 Å². The van der Waals surface area contributed by atoms with Gasteiger partial charge < -0.3 is 19.8 Å². The number of Topliss-reactive ketones (excluding diaryl/α,β-unsaturated/α-hetero) is 1. The molecule has 1 unspecified atom stereocenters. The van der Waals surface area contributed by atoms with Crippen molar-refractivity contribution in [3.8, 4) is 11.1 Å². The Labute approximate surface area is 322 Å². The lowest BCUT2D eigenvalue weighted by molar-refractivity contribution is -0.176. The lowest BCUT2D eigenvalue weighted by Crippen LogP contribution is -2.67. The van der Waals surface area contributed by atoms with E-state index in [2.05, 4.69) is 70.2 Å². The number of fused-ring (bicyclic) bond motifs is 3. The molecule has 2 spiro atoms. The molecular weight excluding hydrogens is 671 g/mol. The second kappa shape index (κ2) is 12.4. The Morgan fingerprint density at radius 1 is 0.833 bits per heavy atom. The van der Waals surface area contributed by atoms with Gasteiger partial charge in [0.15, 0.2) is 5.78 Å². The van der Waals surface area contributed by atoms with Crippen LogP contribution < -0.4 is 0 Å². The van der Waals surface area contributed by atoms with Gasteiger partial charge in [0.2, 0.25) is 0 Å². The van der Waals surface area contributed by atoms with Crippen LogP contribution in [-0.2, 0) is 4.74 Å². The number of aliphatic hydroxyl groups is 2. The molecule has 2 N–H and O–H groups in total. The molecule has 4 bridgehead atoms. The summed E-state index contributed by atoms with van der Waals surface area (Å²) >= 11 is 0. The van der Waals surface area contributed by atoms with Gasteiger partial charge in [0, 0.05) is 33.9 Å². The van der Waals surface area contributed by atoms with E-state index in [0.29, 0.717) is 48.8 Å². The number of carbonyl (C=O) groups excluding carboxylic acids is 2. The number of hydrogen-bond donors (Lipinski definition) is 2. The van der Waals surface area contributed by atoms with Crippen LogP contribution in [0.3, 0.4) is 0 Å². The first kappa shape index (κ1) is 36.4. The van der Waals surface area contributed by atoms with E-state index < -0.39 is 22.5 Å².